The van der Waals surface area contributed by atoms with Gasteiger partial charge in [-0.05, 0) is 52.4 Å². The number of piperidine rings is 1. The third-order valence-corrected chi connectivity index (χ3v) is 6.14. The van der Waals surface area contributed by atoms with Crippen LogP contribution in [0.15, 0.2) is 27.6 Å². The second-order valence-corrected chi connectivity index (χ2v) is 8.44. The molecule has 0 spiro atoms. The summed E-state index contributed by atoms with van der Waals surface area (Å²) in [6, 6.07) is 3.93. The average Bonchev–Trinajstić information content (AvgIpc) is 2.32. The van der Waals surface area contributed by atoms with E-state index in [1.165, 1.54) is 16.4 Å². The minimum absolute atomic E-state index is 0.0212. The van der Waals surface area contributed by atoms with Crippen LogP contribution >= 0.6 is 15.9 Å². The first kappa shape index (κ1) is 14.9. The summed E-state index contributed by atoms with van der Waals surface area (Å²) in [5.41, 5.74) is 0.178. The van der Waals surface area contributed by atoms with Crippen molar-refractivity contribution in [2.45, 2.75) is 31.6 Å². The Balaban J connectivity index is 2.25. The minimum atomic E-state index is -3.58. The smallest absolute Gasteiger partial charge is 0.207 e. The first-order chi connectivity index (χ1) is 8.72. The molecule has 3 nitrogen and oxygen atoms in total. The van der Waals surface area contributed by atoms with Crippen LogP contribution in [0.5, 0.6) is 0 Å². The second kappa shape index (κ2) is 5.14. The van der Waals surface area contributed by atoms with Gasteiger partial charge in [-0.2, -0.15) is 4.31 Å². The van der Waals surface area contributed by atoms with E-state index in [1.807, 2.05) is 0 Å². The Kier molecular flexibility index (Phi) is 4.05. The molecule has 1 heterocycles. The van der Waals surface area contributed by atoms with Crippen LogP contribution < -0.4 is 0 Å². The molecule has 1 fully saturated rings. The van der Waals surface area contributed by atoms with E-state index in [-0.39, 0.29) is 14.8 Å². The molecule has 106 valence electrons. The van der Waals surface area contributed by atoms with Crippen molar-refractivity contribution in [1.82, 2.24) is 4.31 Å². The molecule has 0 aromatic heterocycles. The Labute approximate surface area is 122 Å². The number of hydrogen-bond donors (Lipinski definition) is 0. The summed E-state index contributed by atoms with van der Waals surface area (Å²) in [6.45, 7) is 5.26. The number of benzene rings is 1. The lowest BCUT2D eigenvalue weighted by Gasteiger charge is -2.36. The van der Waals surface area contributed by atoms with Crippen molar-refractivity contribution in [3.8, 4) is 0 Å². The predicted molar refractivity (Wildman–Crippen MR) is 75.9 cm³/mol. The molecular weight excluding hydrogens is 333 g/mol. The van der Waals surface area contributed by atoms with Crippen LogP contribution in [-0.2, 0) is 10.0 Å². The van der Waals surface area contributed by atoms with Gasteiger partial charge in [0.25, 0.3) is 0 Å². The molecule has 19 heavy (non-hydrogen) atoms. The molecular formula is C13H17BrFNO2S. The van der Waals surface area contributed by atoms with Crippen LogP contribution in [-0.4, -0.2) is 25.8 Å². The molecule has 6 heteroatoms. The van der Waals surface area contributed by atoms with E-state index in [9.17, 15) is 12.8 Å². The zero-order valence-electron chi connectivity index (χ0n) is 11.0. The molecule has 0 N–H and O–H groups in total. The van der Waals surface area contributed by atoms with Crippen molar-refractivity contribution in [2.75, 3.05) is 13.1 Å². The molecule has 1 aromatic carbocycles. The summed E-state index contributed by atoms with van der Waals surface area (Å²) in [6.07, 6.45) is 1.65. The molecule has 0 amide bonds. The Morgan fingerprint density at radius 1 is 1.26 bits per heavy atom. The van der Waals surface area contributed by atoms with Gasteiger partial charge < -0.3 is 0 Å². The third-order valence-electron chi connectivity index (χ3n) is 3.60. The summed E-state index contributed by atoms with van der Waals surface area (Å²) in [5.74, 6) is -0.557. The highest BCUT2D eigenvalue weighted by Gasteiger charge is 2.32. The number of nitrogens with zero attached hydrogens (tertiary/aromatic N) is 1. The maximum absolute atomic E-state index is 13.5. The predicted octanol–water partition coefficient (Wildman–Crippen LogP) is 3.40. The number of halogens is 2. The Bertz CT molecular complexity index is 576. The molecule has 0 saturated carbocycles. The largest absolute Gasteiger partial charge is 0.243 e. The summed E-state index contributed by atoms with van der Waals surface area (Å²) >= 11 is 3.02. The van der Waals surface area contributed by atoms with Gasteiger partial charge in [-0.25, -0.2) is 12.8 Å². The Morgan fingerprint density at radius 3 is 2.37 bits per heavy atom. The van der Waals surface area contributed by atoms with Gasteiger partial charge >= 0.3 is 0 Å². The molecule has 0 atom stereocenters. The van der Waals surface area contributed by atoms with E-state index >= 15 is 0 Å². The molecule has 1 aromatic rings. The normalized spacial score (nSPS) is 20.4. The lowest BCUT2D eigenvalue weighted by Crippen LogP contribution is -2.41. The van der Waals surface area contributed by atoms with Crippen molar-refractivity contribution < 1.29 is 12.8 Å². The topological polar surface area (TPSA) is 37.4 Å². The first-order valence-electron chi connectivity index (χ1n) is 6.18. The summed E-state index contributed by atoms with van der Waals surface area (Å²) < 4.78 is 40.0. The van der Waals surface area contributed by atoms with E-state index in [0.29, 0.717) is 13.1 Å². The summed E-state index contributed by atoms with van der Waals surface area (Å²) in [4.78, 5) is 0.0212. The van der Waals surface area contributed by atoms with Gasteiger partial charge in [-0.1, -0.05) is 13.8 Å². The standard InChI is InChI=1S/C13H17BrFNO2S/c1-13(2)5-7-16(8-6-13)19(17,18)10-3-4-11(14)12(15)9-10/h3-4,9H,5-8H2,1-2H3. The zero-order valence-corrected chi connectivity index (χ0v) is 13.4. The van der Waals surface area contributed by atoms with Gasteiger partial charge in [0.05, 0.1) is 9.37 Å². The molecule has 0 bridgehead atoms. The summed E-state index contributed by atoms with van der Waals surface area (Å²) in [5, 5.41) is 0. The number of sulfonamides is 1. The van der Waals surface area contributed by atoms with Gasteiger partial charge in [-0.15, -0.1) is 0 Å². The average molecular weight is 350 g/mol. The maximum atomic E-state index is 13.5. The first-order valence-corrected chi connectivity index (χ1v) is 8.41. The van der Waals surface area contributed by atoms with Gasteiger partial charge in [0.15, 0.2) is 0 Å². The second-order valence-electron chi connectivity index (χ2n) is 5.64. The van der Waals surface area contributed by atoms with E-state index in [4.69, 9.17) is 0 Å². The number of hydrogen-bond acceptors (Lipinski definition) is 2. The van der Waals surface area contributed by atoms with Crippen LogP contribution in [0.4, 0.5) is 4.39 Å². The van der Waals surface area contributed by atoms with Crippen LogP contribution in [0.1, 0.15) is 26.7 Å². The Morgan fingerprint density at radius 2 is 1.84 bits per heavy atom. The van der Waals surface area contributed by atoms with Gasteiger partial charge in [-0.3, -0.25) is 0 Å². The fourth-order valence-electron chi connectivity index (χ4n) is 2.12. The number of rotatable bonds is 2. The Hall–Kier alpha value is -0.460. The molecule has 1 aliphatic heterocycles. The van der Waals surface area contributed by atoms with Crippen molar-refractivity contribution in [3.05, 3.63) is 28.5 Å². The van der Waals surface area contributed by atoms with Crippen molar-refractivity contribution in [2.24, 2.45) is 5.41 Å². The SMILES string of the molecule is CC1(C)CCN(S(=O)(=O)c2ccc(Br)c(F)c2)CC1. The van der Waals surface area contributed by atoms with Gasteiger partial charge in [0.2, 0.25) is 10.0 Å². The fraction of sp³-hybridized carbons (Fsp3) is 0.538. The van der Waals surface area contributed by atoms with Crippen molar-refractivity contribution >= 4 is 26.0 Å². The highest BCUT2D eigenvalue weighted by Crippen LogP contribution is 2.32. The molecule has 0 unspecified atom stereocenters. The highest BCUT2D eigenvalue weighted by atomic mass is 79.9. The van der Waals surface area contributed by atoms with E-state index in [2.05, 4.69) is 29.8 Å². The lowest BCUT2D eigenvalue weighted by molar-refractivity contribution is 0.196. The van der Waals surface area contributed by atoms with Crippen LogP contribution in [0.25, 0.3) is 0 Å². The molecule has 1 saturated heterocycles. The van der Waals surface area contributed by atoms with Crippen molar-refractivity contribution in [1.29, 1.82) is 0 Å². The molecule has 1 aliphatic rings. The van der Waals surface area contributed by atoms with Crippen molar-refractivity contribution in [3.63, 3.8) is 0 Å². The monoisotopic (exact) mass is 349 g/mol. The molecule has 0 aliphatic carbocycles. The van der Waals surface area contributed by atoms with Crippen LogP contribution in [0.2, 0.25) is 0 Å². The highest BCUT2D eigenvalue weighted by molar-refractivity contribution is 9.10. The van der Waals surface area contributed by atoms with Gasteiger partial charge in [0.1, 0.15) is 5.82 Å². The quantitative estimate of drug-likeness (QED) is 0.820. The van der Waals surface area contributed by atoms with E-state index < -0.39 is 15.8 Å². The lowest BCUT2D eigenvalue weighted by atomic mass is 9.83. The minimum Gasteiger partial charge on any atom is -0.207 e. The maximum Gasteiger partial charge on any atom is 0.243 e. The zero-order chi connectivity index (χ0) is 14.3. The van der Waals surface area contributed by atoms with Gasteiger partial charge in [0, 0.05) is 13.1 Å². The fourth-order valence-corrected chi connectivity index (χ4v) is 3.82. The molecule has 0 radical (unpaired) electrons. The third kappa shape index (κ3) is 3.17. The molecule has 2 rings (SSSR count). The van der Waals surface area contributed by atoms with Crippen LogP contribution in [0.3, 0.4) is 0 Å². The van der Waals surface area contributed by atoms with E-state index in [0.717, 1.165) is 18.9 Å². The summed E-state index contributed by atoms with van der Waals surface area (Å²) in [7, 11) is -3.58. The van der Waals surface area contributed by atoms with E-state index in [1.54, 1.807) is 0 Å². The van der Waals surface area contributed by atoms with Crippen LogP contribution in [0, 0.1) is 11.2 Å².